The maximum Gasteiger partial charge on any atom is 0.151 e. The average Bonchev–Trinajstić information content (AvgIpc) is 2.94. The third kappa shape index (κ3) is 2.01. The van der Waals surface area contributed by atoms with Gasteiger partial charge in [-0.05, 0) is 35.0 Å². The number of aromatic nitrogens is 3. The zero-order chi connectivity index (χ0) is 11.7. The first-order chi connectivity index (χ1) is 8.33. The van der Waals surface area contributed by atoms with Crippen LogP contribution in [0.1, 0.15) is 5.82 Å². The van der Waals surface area contributed by atoms with Crippen molar-refractivity contribution in [3.05, 3.63) is 41.8 Å². The molecule has 4 nitrogen and oxygen atoms in total. The van der Waals surface area contributed by atoms with Crippen LogP contribution in [0.3, 0.4) is 0 Å². The number of hydrogen-bond donors (Lipinski definition) is 1. The van der Waals surface area contributed by atoms with Crippen LogP contribution >= 0.6 is 11.3 Å². The largest absolute Gasteiger partial charge is 0.378 e. The van der Waals surface area contributed by atoms with E-state index in [1.54, 1.807) is 17.7 Å². The Labute approximate surface area is 103 Å². The van der Waals surface area contributed by atoms with Gasteiger partial charge >= 0.3 is 0 Å². The SMILES string of the molecule is Cn1cnnc1CNc1ccc2sccc2c1. The summed E-state index contributed by atoms with van der Waals surface area (Å²) >= 11 is 1.76. The van der Waals surface area contributed by atoms with E-state index in [0.29, 0.717) is 6.54 Å². The van der Waals surface area contributed by atoms with E-state index in [9.17, 15) is 0 Å². The van der Waals surface area contributed by atoms with Gasteiger partial charge in [0.1, 0.15) is 6.33 Å². The van der Waals surface area contributed by atoms with Crippen LogP contribution in [0.25, 0.3) is 10.1 Å². The molecule has 3 rings (SSSR count). The molecule has 0 unspecified atom stereocenters. The standard InChI is InChI=1S/C12H12N4S/c1-16-8-14-15-12(16)7-13-10-2-3-11-9(6-10)4-5-17-11/h2-6,8,13H,7H2,1H3. The van der Waals surface area contributed by atoms with Crippen LogP contribution in [-0.4, -0.2) is 14.8 Å². The first-order valence-corrected chi connectivity index (χ1v) is 6.25. The van der Waals surface area contributed by atoms with Gasteiger partial charge < -0.3 is 9.88 Å². The van der Waals surface area contributed by atoms with Gasteiger partial charge in [-0.25, -0.2) is 0 Å². The molecule has 0 aliphatic carbocycles. The Kier molecular flexibility index (Phi) is 2.53. The molecule has 0 saturated heterocycles. The third-order valence-corrected chi connectivity index (χ3v) is 3.61. The maximum atomic E-state index is 4.04. The van der Waals surface area contributed by atoms with Crippen molar-refractivity contribution in [1.82, 2.24) is 14.8 Å². The zero-order valence-corrected chi connectivity index (χ0v) is 10.2. The molecule has 0 saturated carbocycles. The summed E-state index contributed by atoms with van der Waals surface area (Å²) < 4.78 is 3.23. The molecule has 0 radical (unpaired) electrons. The van der Waals surface area contributed by atoms with Crippen LogP contribution in [-0.2, 0) is 13.6 Å². The Balaban J connectivity index is 1.78. The van der Waals surface area contributed by atoms with Gasteiger partial charge in [0.05, 0.1) is 6.54 Å². The lowest BCUT2D eigenvalue weighted by Gasteiger charge is -2.05. The molecule has 3 aromatic rings. The summed E-state index contributed by atoms with van der Waals surface area (Å²) in [6, 6.07) is 8.52. The monoisotopic (exact) mass is 244 g/mol. The van der Waals surface area contributed by atoms with E-state index in [0.717, 1.165) is 11.5 Å². The summed E-state index contributed by atoms with van der Waals surface area (Å²) in [4.78, 5) is 0. The lowest BCUT2D eigenvalue weighted by Crippen LogP contribution is -2.05. The third-order valence-electron chi connectivity index (χ3n) is 2.71. The lowest BCUT2D eigenvalue weighted by molar-refractivity contribution is 0.812. The molecule has 0 fully saturated rings. The van der Waals surface area contributed by atoms with E-state index >= 15 is 0 Å². The van der Waals surface area contributed by atoms with Gasteiger partial charge in [-0.15, -0.1) is 21.5 Å². The first-order valence-electron chi connectivity index (χ1n) is 5.37. The number of thiophene rings is 1. The van der Waals surface area contributed by atoms with Gasteiger partial charge in [0.25, 0.3) is 0 Å². The van der Waals surface area contributed by atoms with Crippen LogP contribution in [0, 0.1) is 0 Å². The number of aryl methyl sites for hydroxylation is 1. The molecule has 1 aromatic carbocycles. The minimum absolute atomic E-state index is 0.687. The molecule has 2 heterocycles. The molecular weight excluding hydrogens is 232 g/mol. The quantitative estimate of drug-likeness (QED) is 0.770. The zero-order valence-electron chi connectivity index (χ0n) is 9.42. The van der Waals surface area contributed by atoms with Crippen LogP contribution in [0.15, 0.2) is 36.0 Å². The van der Waals surface area contributed by atoms with Crippen LogP contribution in [0.2, 0.25) is 0 Å². The summed E-state index contributed by atoms with van der Waals surface area (Å²) in [6.45, 7) is 0.687. The number of rotatable bonds is 3. The smallest absolute Gasteiger partial charge is 0.151 e. The van der Waals surface area contributed by atoms with E-state index in [4.69, 9.17) is 0 Å². The minimum atomic E-state index is 0.687. The Morgan fingerprint density at radius 2 is 2.29 bits per heavy atom. The molecule has 86 valence electrons. The molecule has 17 heavy (non-hydrogen) atoms. The molecule has 0 aliphatic rings. The molecular formula is C12H12N4S. The number of hydrogen-bond acceptors (Lipinski definition) is 4. The second-order valence-electron chi connectivity index (χ2n) is 3.88. The molecule has 0 spiro atoms. The topological polar surface area (TPSA) is 42.7 Å². The molecule has 0 aliphatic heterocycles. The van der Waals surface area contributed by atoms with Crippen LogP contribution < -0.4 is 5.32 Å². The van der Waals surface area contributed by atoms with Gasteiger partial charge in [-0.3, -0.25) is 0 Å². The van der Waals surface area contributed by atoms with E-state index in [2.05, 4.69) is 45.2 Å². The van der Waals surface area contributed by atoms with E-state index in [-0.39, 0.29) is 0 Å². The number of anilines is 1. The van der Waals surface area contributed by atoms with E-state index in [1.807, 2.05) is 11.6 Å². The fraction of sp³-hybridized carbons (Fsp3) is 0.167. The second kappa shape index (κ2) is 4.18. The van der Waals surface area contributed by atoms with Gasteiger partial charge in [-0.1, -0.05) is 0 Å². The van der Waals surface area contributed by atoms with Crippen molar-refractivity contribution in [2.45, 2.75) is 6.54 Å². The van der Waals surface area contributed by atoms with Crippen molar-refractivity contribution in [3.63, 3.8) is 0 Å². The van der Waals surface area contributed by atoms with Crippen molar-refractivity contribution in [3.8, 4) is 0 Å². The molecule has 1 N–H and O–H groups in total. The molecule has 5 heteroatoms. The lowest BCUT2D eigenvalue weighted by atomic mass is 10.2. The molecule has 0 atom stereocenters. The fourth-order valence-electron chi connectivity index (χ4n) is 1.72. The van der Waals surface area contributed by atoms with Crippen molar-refractivity contribution in [2.75, 3.05) is 5.32 Å². The van der Waals surface area contributed by atoms with Crippen LogP contribution in [0.4, 0.5) is 5.69 Å². The Hall–Kier alpha value is -1.88. The molecule has 2 aromatic heterocycles. The second-order valence-corrected chi connectivity index (χ2v) is 4.83. The van der Waals surface area contributed by atoms with Gasteiger partial charge in [-0.2, -0.15) is 0 Å². The predicted octanol–water partition coefficient (Wildman–Crippen LogP) is 2.64. The summed E-state index contributed by atoms with van der Waals surface area (Å²) in [5.41, 5.74) is 1.11. The summed E-state index contributed by atoms with van der Waals surface area (Å²) in [5.74, 6) is 0.926. The minimum Gasteiger partial charge on any atom is -0.378 e. The Morgan fingerprint density at radius 1 is 1.35 bits per heavy atom. The van der Waals surface area contributed by atoms with Gasteiger partial charge in [0.2, 0.25) is 0 Å². The number of nitrogens with one attached hydrogen (secondary N) is 1. The highest BCUT2D eigenvalue weighted by atomic mass is 32.1. The van der Waals surface area contributed by atoms with Crippen molar-refractivity contribution < 1.29 is 0 Å². The number of nitrogens with zero attached hydrogens (tertiary/aromatic N) is 3. The van der Waals surface area contributed by atoms with Crippen molar-refractivity contribution in [2.24, 2.45) is 7.05 Å². The molecule has 0 amide bonds. The highest BCUT2D eigenvalue weighted by Crippen LogP contribution is 2.24. The predicted molar refractivity (Wildman–Crippen MR) is 70.2 cm³/mol. The molecule has 0 bridgehead atoms. The van der Waals surface area contributed by atoms with E-state index in [1.165, 1.54) is 10.1 Å². The highest BCUT2D eigenvalue weighted by Gasteiger charge is 2.01. The van der Waals surface area contributed by atoms with Crippen molar-refractivity contribution >= 4 is 27.1 Å². The number of fused-ring (bicyclic) bond motifs is 1. The summed E-state index contributed by atoms with van der Waals surface area (Å²) in [7, 11) is 1.94. The van der Waals surface area contributed by atoms with E-state index < -0.39 is 0 Å². The fourth-order valence-corrected chi connectivity index (χ4v) is 2.50. The Bertz CT molecular complexity index is 641. The van der Waals surface area contributed by atoms with Crippen LogP contribution in [0.5, 0.6) is 0 Å². The maximum absolute atomic E-state index is 4.04. The average molecular weight is 244 g/mol. The van der Waals surface area contributed by atoms with Gasteiger partial charge in [0.15, 0.2) is 5.82 Å². The summed E-state index contributed by atoms with van der Waals surface area (Å²) in [6.07, 6.45) is 1.71. The number of benzene rings is 1. The first kappa shape index (κ1) is 10.3. The Morgan fingerprint density at radius 3 is 3.12 bits per heavy atom. The van der Waals surface area contributed by atoms with Gasteiger partial charge in [0, 0.05) is 17.4 Å². The normalized spacial score (nSPS) is 10.9. The highest BCUT2D eigenvalue weighted by molar-refractivity contribution is 7.17. The summed E-state index contributed by atoms with van der Waals surface area (Å²) in [5, 5.41) is 14.6. The van der Waals surface area contributed by atoms with Crippen molar-refractivity contribution in [1.29, 1.82) is 0 Å².